The monoisotopic (exact) mass is 729 g/mol. The van der Waals surface area contributed by atoms with E-state index in [0.717, 1.165) is 47.0 Å². The van der Waals surface area contributed by atoms with Crippen molar-refractivity contribution >= 4 is 45.8 Å². The normalized spacial score (nSPS) is 25.4. The largest absolute Gasteiger partial charge is 0.446 e. The van der Waals surface area contributed by atoms with Gasteiger partial charge in [0.1, 0.15) is 23.7 Å². The molecule has 270 valence electrons. The summed E-state index contributed by atoms with van der Waals surface area (Å²) in [5.74, 6) is -2.45. The van der Waals surface area contributed by atoms with Gasteiger partial charge >= 0.3 is 12.3 Å². The minimum absolute atomic E-state index is 0.243. The molecule has 0 spiro atoms. The maximum absolute atomic E-state index is 14.3. The number of alkyl carbamates (subject to hydrolysis) is 1. The van der Waals surface area contributed by atoms with Gasteiger partial charge in [-0.2, -0.15) is 17.5 Å². The first-order valence-corrected chi connectivity index (χ1v) is 18.5. The minimum atomic E-state index is -4.69. The highest BCUT2D eigenvalue weighted by Gasteiger charge is 2.61. The van der Waals surface area contributed by atoms with Crippen LogP contribution in [0.3, 0.4) is 0 Å². The van der Waals surface area contributed by atoms with Gasteiger partial charge in [-0.25, -0.2) is 13.2 Å². The van der Waals surface area contributed by atoms with Crippen LogP contribution in [-0.4, -0.2) is 83.6 Å². The number of rotatable bonds is 11. The molecule has 0 aromatic heterocycles. The Morgan fingerprint density at radius 2 is 1.69 bits per heavy atom. The van der Waals surface area contributed by atoms with E-state index >= 15 is 0 Å². The molecule has 3 aliphatic carbocycles. The lowest BCUT2D eigenvalue weighted by Gasteiger charge is -2.35. The first-order valence-electron chi connectivity index (χ1n) is 16.2. The van der Waals surface area contributed by atoms with Crippen molar-refractivity contribution < 1.29 is 45.5 Å². The zero-order valence-corrected chi connectivity index (χ0v) is 29.2. The quantitative estimate of drug-likeness (QED) is 0.229. The van der Waals surface area contributed by atoms with Crippen LogP contribution < -0.4 is 15.4 Å². The molecule has 0 radical (unpaired) electrons. The molecule has 3 N–H and O–H groups in total. The molecule has 0 unspecified atom stereocenters. The number of alkyl halides is 3. The topological polar surface area (TPSA) is 154 Å². The average molecular weight is 730 g/mol. The Kier molecular flexibility index (Phi) is 10.4. The predicted molar refractivity (Wildman–Crippen MR) is 174 cm³/mol. The van der Waals surface area contributed by atoms with Gasteiger partial charge < -0.3 is 20.3 Å². The fourth-order valence-electron chi connectivity index (χ4n) is 6.08. The number of hydrogen-bond donors (Lipinski definition) is 3. The summed E-state index contributed by atoms with van der Waals surface area (Å²) in [5, 5.41) is 5.65. The van der Waals surface area contributed by atoms with Gasteiger partial charge in [-0.1, -0.05) is 26.8 Å². The van der Waals surface area contributed by atoms with Crippen molar-refractivity contribution in [2.24, 2.45) is 11.3 Å². The summed E-state index contributed by atoms with van der Waals surface area (Å²) < 4.78 is 76.2. The molecule has 3 saturated carbocycles. The van der Waals surface area contributed by atoms with Crippen LogP contribution in [0.15, 0.2) is 41.8 Å². The molecule has 49 heavy (non-hydrogen) atoms. The molecule has 1 aromatic rings. The number of sulfonamides is 1. The molecule has 4 fully saturated rings. The third-order valence-electron chi connectivity index (χ3n) is 9.31. The second-order valence-corrected chi connectivity index (χ2v) is 17.2. The average Bonchev–Trinajstić information content (AvgIpc) is 3.87. The molecule has 4 amide bonds. The number of carbonyl (C=O) groups is 4. The van der Waals surface area contributed by atoms with Crippen molar-refractivity contribution in [3.8, 4) is 0 Å². The van der Waals surface area contributed by atoms with Crippen LogP contribution >= 0.6 is 11.9 Å². The summed E-state index contributed by atoms with van der Waals surface area (Å²) in [5.41, 5.74) is -3.34. The molecule has 1 aromatic carbocycles. The number of benzene rings is 1. The minimum Gasteiger partial charge on any atom is -0.446 e. The number of nitrogens with zero attached hydrogens (tertiary/aromatic N) is 2. The third-order valence-corrected chi connectivity index (χ3v) is 12.2. The fourth-order valence-corrected chi connectivity index (χ4v) is 8.30. The summed E-state index contributed by atoms with van der Waals surface area (Å²) in [6, 6.07) is 0.171. The van der Waals surface area contributed by atoms with Crippen LogP contribution in [0.4, 0.5) is 18.0 Å². The van der Waals surface area contributed by atoms with Gasteiger partial charge in [-0.15, -0.1) is 6.58 Å². The van der Waals surface area contributed by atoms with Crippen LogP contribution in [-0.2, 0) is 35.3 Å². The fraction of sp³-hybridized carbons (Fsp3) is 0.625. The molecule has 0 bridgehead atoms. The Bertz CT molecular complexity index is 1570. The predicted octanol–water partition coefficient (Wildman–Crippen LogP) is 3.94. The van der Waals surface area contributed by atoms with E-state index in [1.54, 1.807) is 20.8 Å². The Balaban J connectivity index is 1.42. The van der Waals surface area contributed by atoms with E-state index in [2.05, 4.69) is 21.9 Å². The van der Waals surface area contributed by atoms with Crippen molar-refractivity contribution in [1.29, 1.82) is 0 Å². The van der Waals surface area contributed by atoms with Crippen molar-refractivity contribution in [2.45, 2.75) is 106 Å². The molecule has 1 aliphatic heterocycles. The summed E-state index contributed by atoms with van der Waals surface area (Å²) >= 11 is 1.26. The van der Waals surface area contributed by atoms with Crippen molar-refractivity contribution in [1.82, 2.24) is 24.6 Å². The molecule has 4 aliphatic rings. The van der Waals surface area contributed by atoms with Crippen LogP contribution in [0.2, 0.25) is 0 Å². The Hall–Kier alpha value is -3.31. The maximum atomic E-state index is 14.3. The molecule has 1 heterocycles. The zero-order valence-electron chi connectivity index (χ0n) is 27.5. The van der Waals surface area contributed by atoms with Gasteiger partial charge in [0.25, 0.3) is 5.91 Å². The van der Waals surface area contributed by atoms with Gasteiger partial charge in [0.05, 0.1) is 17.1 Å². The van der Waals surface area contributed by atoms with Gasteiger partial charge in [-0.05, 0) is 86.6 Å². The highest BCUT2D eigenvalue weighted by Crippen LogP contribution is 2.46. The van der Waals surface area contributed by atoms with Crippen molar-refractivity contribution in [3.05, 3.63) is 42.5 Å². The Morgan fingerprint density at radius 3 is 2.22 bits per heavy atom. The molecular formula is C32H42F3N5O7S2. The van der Waals surface area contributed by atoms with Crippen LogP contribution in [0.5, 0.6) is 0 Å². The number of halogens is 3. The molecule has 17 heteroatoms. The summed E-state index contributed by atoms with van der Waals surface area (Å²) in [4.78, 5) is 55.1. The van der Waals surface area contributed by atoms with Crippen LogP contribution in [0.1, 0.15) is 71.3 Å². The van der Waals surface area contributed by atoms with E-state index < -0.39 is 92.6 Å². The molecule has 1 saturated heterocycles. The lowest BCUT2D eigenvalue weighted by Crippen LogP contribution is -2.60. The second-order valence-electron chi connectivity index (χ2n) is 14.1. The summed E-state index contributed by atoms with van der Waals surface area (Å²) in [6.45, 7) is 7.60. The lowest BCUT2D eigenvalue weighted by molar-refractivity contribution is -0.142. The Labute approximate surface area is 288 Å². The first kappa shape index (κ1) is 37.0. The van der Waals surface area contributed by atoms with Crippen molar-refractivity contribution in [3.63, 3.8) is 0 Å². The zero-order chi connectivity index (χ0) is 35.9. The Morgan fingerprint density at radius 1 is 1.06 bits per heavy atom. The molecular weight excluding hydrogens is 688 g/mol. The van der Waals surface area contributed by atoms with E-state index in [1.165, 1.54) is 18.0 Å². The number of amides is 4. The van der Waals surface area contributed by atoms with E-state index in [4.69, 9.17) is 4.74 Å². The smallest absolute Gasteiger partial charge is 0.416 e. The van der Waals surface area contributed by atoms with E-state index in [1.807, 2.05) is 0 Å². The summed E-state index contributed by atoms with van der Waals surface area (Å²) in [7, 11) is -4.52. The first-order chi connectivity index (χ1) is 22.9. The van der Waals surface area contributed by atoms with Gasteiger partial charge in [0.15, 0.2) is 0 Å². The van der Waals surface area contributed by atoms with Crippen molar-refractivity contribution in [2.75, 3.05) is 13.2 Å². The highest BCUT2D eigenvalue weighted by molar-refractivity contribution is 7.98. The SMILES string of the molecule is C=C[C@@H]1C[C@]1(NC(=O)[C@@H]1CN(S(=O)(=O)c2ccc(C(F)(F)F)cc2)CN1C(=O)[C@@H](NC(=O)OC1CCCC1)C(C)(C)C)C(=O)NSC1CC1. The maximum Gasteiger partial charge on any atom is 0.416 e. The summed E-state index contributed by atoms with van der Waals surface area (Å²) in [6.07, 6.45) is 1.04. The molecule has 4 atom stereocenters. The molecule has 12 nitrogen and oxygen atoms in total. The number of hydrogen-bond acceptors (Lipinski definition) is 8. The number of nitrogens with one attached hydrogen (secondary N) is 3. The highest BCUT2D eigenvalue weighted by atomic mass is 32.2. The van der Waals surface area contributed by atoms with Gasteiger partial charge in [-0.3, -0.25) is 19.1 Å². The number of carbonyl (C=O) groups excluding carboxylic acids is 4. The number of ether oxygens (including phenoxy) is 1. The van der Waals surface area contributed by atoms with Gasteiger partial charge in [0, 0.05) is 17.7 Å². The van der Waals surface area contributed by atoms with E-state index in [-0.39, 0.29) is 17.8 Å². The van der Waals surface area contributed by atoms with E-state index in [0.29, 0.717) is 25.0 Å². The standard InChI is InChI=1S/C32H42F3N5O7S2/c1-5-19-16-31(19,28(43)38-48-22-12-13-22)37-26(41)24-17-39(49(45,46)23-14-10-20(11-15-23)32(33,34)35)18-40(24)27(42)25(30(2,3)4)36-29(44)47-21-8-6-7-9-21/h5,10-11,14-15,19,21-22,24-25H,1,6-9,12-13,16-18H2,2-4H3,(H,36,44)(H,37,41)(H,38,43)/t19-,24+,25-,31-/m1/s1. The lowest BCUT2D eigenvalue weighted by atomic mass is 9.85. The van der Waals surface area contributed by atoms with Gasteiger partial charge in [0.2, 0.25) is 21.8 Å². The van der Waals surface area contributed by atoms with Crippen LogP contribution in [0.25, 0.3) is 0 Å². The van der Waals surface area contributed by atoms with E-state index in [9.17, 15) is 40.8 Å². The molecule has 5 rings (SSSR count). The second kappa shape index (κ2) is 13.8. The van der Waals surface area contributed by atoms with Crippen LogP contribution in [0, 0.1) is 11.3 Å². The third kappa shape index (κ3) is 8.20.